The molecule has 1 heterocycles. The van der Waals surface area contributed by atoms with Gasteiger partial charge in [-0.3, -0.25) is 9.00 Å². The van der Waals surface area contributed by atoms with Gasteiger partial charge in [0.1, 0.15) is 0 Å². The molecule has 1 saturated heterocycles. The summed E-state index contributed by atoms with van der Waals surface area (Å²) in [6.07, 6.45) is 2.19. The highest BCUT2D eigenvalue weighted by Crippen LogP contribution is 2.09. The molecule has 6 heteroatoms. The fraction of sp³-hybridized carbons (Fsp3) is 0.900. The highest BCUT2D eigenvalue weighted by molar-refractivity contribution is 7.99. The van der Waals surface area contributed by atoms with Crippen LogP contribution < -0.4 is 10.6 Å². The molecule has 0 aromatic heterocycles. The van der Waals surface area contributed by atoms with E-state index in [1.807, 2.05) is 18.7 Å². The van der Waals surface area contributed by atoms with Crippen molar-refractivity contribution in [2.45, 2.75) is 24.6 Å². The van der Waals surface area contributed by atoms with E-state index < -0.39 is 10.8 Å². The molecular formula is C10H20N2O2S2. The molecule has 0 aliphatic carbocycles. The molecule has 1 aliphatic rings. The predicted molar refractivity (Wildman–Crippen MR) is 70.3 cm³/mol. The maximum atomic E-state index is 11.6. The summed E-state index contributed by atoms with van der Waals surface area (Å²) in [5, 5.41) is 6.17. The molecule has 1 aliphatic heterocycles. The molecular weight excluding hydrogens is 244 g/mol. The van der Waals surface area contributed by atoms with Gasteiger partial charge in [0.25, 0.3) is 0 Å². The Bertz CT molecular complexity index is 255. The van der Waals surface area contributed by atoms with Gasteiger partial charge in [-0.05, 0) is 6.92 Å². The van der Waals surface area contributed by atoms with Crippen molar-refractivity contribution in [3.8, 4) is 0 Å². The number of carbonyl (C=O) groups is 1. The van der Waals surface area contributed by atoms with E-state index in [0.717, 1.165) is 18.1 Å². The Labute approximate surface area is 104 Å². The van der Waals surface area contributed by atoms with Gasteiger partial charge in [0.2, 0.25) is 5.91 Å². The first kappa shape index (κ1) is 14.0. The largest absolute Gasteiger partial charge is 0.355 e. The Balaban J connectivity index is 2.17. The molecule has 1 fully saturated rings. The number of carbonyl (C=O) groups excluding carboxylic acids is 1. The van der Waals surface area contributed by atoms with Crippen LogP contribution in [0.2, 0.25) is 0 Å². The summed E-state index contributed by atoms with van der Waals surface area (Å²) in [4.78, 5) is 11.6. The maximum Gasteiger partial charge on any atom is 0.221 e. The molecule has 1 rings (SSSR count). The van der Waals surface area contributed by atoms with Gasteiger partial charge in [-0.15, -0.1) is 0 Å². The quantitative estimate of drug-likeness (QED) is 0.732. The number of amides is 1. The summed E-state index contributed by atoms with van der Waals surface area (Å²) >= 11 is 1.88. The summed E-state index contributed by atoms with van der Waals surface area (Å²) < 4.78 is 11.1. The first-order valence-electron chi connectivity index (χ1n) is 5.49. The van der Waals surface area contributed by atoms with Gasteiger partial charge in [0, 0.05) is 59.4 Å². The predicted octanol–water partition coefficient (Wildman–Crippen LogP) is -0.0353. The van der Waals surface area contributed by atoms with Crippen molar-refractivity contribution in [2.75, 3.05) is 30.9 Å². The van der Waals surface area contributed by atoms with Crippen LogP contribution in [-0.4, -0.2) is 52.3 Å². The average molecular weight is 264 g/mol. The van der Waals surface area contributed by atoms with Gasteiger partial charge in [-0.2, -0.15) is 11.8 Å². The van der Waals surface area contributed by atoms with Crippen LogP contribution in [0.4, 0.5) is 0 Å². The van der Waals surface area contributed by atoms with Crippen molar-refractivity contribution in [3.05, 3.63) is 0 Å². The molecule has 0 spiro atoms. The molecule has 2 N–H and O–H groups in total. The first-order chi connectivity index (χ1) is 7.59. The van der Waals surface area contributed by atoms with Crippen molar-refractivity contribution in [1.82, 2.24) is 10.6 Å². The Morgan fingerprint density at radius 2 is 2.44 bits per heavy atom. The number of rotatable bonds is 5. The molecule has 0 radical (unpaired) electrons. The van der Waals surface area contributed by atoms with Crippen LogP contribution in [0.1, 0.15) is 13.3 Å². The van der Waals surface area contributed by atoms with Gasteiger partial charge in [0.15, 0.2) is 0 Å². The van der Waals surface area contributed by atoms with E-state index in [-0.39, 0.29) is 11.2 Å². The Hall–Kier alpha value is -0.0700. The normalized spacial score (nSPS) is 24.8. The van der Waals surface area contributed by atoms with Crippen LogP contribution in [0.5, 0.6) is 0 Å². The molecule has 3 unspecified atom stereocenters. The highest BCUT2D eigenvalue weighted by Gasteiger charge is 2.17. The van der Waals surface area contributed by atoms with Crippen molar-refractivity contribution in [3.63, 3.8) is 0 Å². The maximum absolute atomic E-state index is 11.6. The van der Waals surface area contributed by atoms with Crippen molar-refractivity contribution in [1.29, 1.82) is 0 Å². The van der Waals surface area contributed by atoms with E-state index in [1.54, 1.807) is 6.26 Å². The van der Waals surface area contributed by atoms with E-state index in [0.29, 0.717) is 19.0 Å². The molecule has 94 valence electrons. The number of nitrogens with one attached hydrogen (secondary N) is 2. The van der Waals surface area contributed by atoms with E-state index >= 15 is 0 Å². The lowest BCUT2D eigenvalue weighted by Gasteiger charge is -2.22. The molecule has 0 saturated carbocycles. The summed E-state index contributed by atoms with van der Waals surface area (Å²) in [5.74, 6) is 2.18. The van der Waals surface area contributed by atoms with Gasteiger partial charge >= 0.3 is 0 Å². The van der Waals surface area contributed by atoms with Gasteiger partial charge in [-0.1, -0.05) is 0 Å². The van der Waals surface area contributed by atoms with Gasteiger partial charge < -0.3 is 10.6 Å². The Morgan fingerprint density at radius 3 is 3.00 bits per heavy atom. The third-order valence-corrected chi connectivity index (χ3v) is 5.01. The zero-order chi connectivity index (χ0) is 12.0. The van der Waals surface area contributed by atoms with Gasteiger partial charge in [-0.25, -0.2) is 0 Å². The smallest absolute Gasteiger partial charge is 0.221 e. The zero-order valence-electron chi connectivity index (χ0n) is 9.82. The number of hydrogen-bond acceptors (Lipinski definition) is 4. The van der Waals surface area contributed by atoms with E-state index in [1.165, 1.54) is 0 Å². The van der Waals surface area contributed by atoms with Gasteiger partial charge in [0.05, 0.1) is 0 Å². The molecule has 3 atom stereocenters. The second-order valence-electron chi connectivity index (χ2n) is 4.04. The molecule has 0 aromatic rings. The van der Waals surface area contributed by atoms with Crippen LogP contribution in [0, 0.1) is 0 Å². The van der Waals surface area contributed by atoms with Crippen LogP contribution in [0.15, 0.2) is 0 Å². The summed E-state index contributed by atoms with van der Waals surface area (Å²) in [7, 11) is -0.868. The number of thioether (sulfide) groups is 1. The van der Waals surface area contributed by atoms with E-state index in [9.17, 15) is 9.00 Å². The number of hydrogen-bond donors (Lipinski definition) is 2. The lowest BCUT2D eigenvalue weighted by molar-refractivity contribution is -0.121. The third kappa shape index (κ3) is 5.32. The average Bonchev–Trinajstić information content (AvgIpc) is 2.27. The first-order valence-corrected chi connectivity index (χ1v) is 8.27. The van der Waals surface area contributed by atoms with Crippen LogP contribution in [-0.2, 0) is 15.6 Å². The standard InChI is InChI=1S/C10H20N2O2S2/c1-8(16(2)14)6-12-10(13)5-9-7-15-4-3-11-9/h8-9,11H,3-7H2,1-2H3,(H,12,13). The van der Waals surface area contributed by atoms with Crippen LogP contribution in [0.3, 0.4) is 0 Å². The topological polar surface area (TPSA) is 58.2 Å². The van der Waals surface area contributed by atoms with Crippen LogP contribution >= 0.6 is 11.8 Å². The summed E-state index contributed by atoms with van der Waals surface area (Å²) in [6, 6.07) is 0.293. The molecule has 4 nitrogen and oxygen atoms in total. The lowest BCUT2D eigenvalue weighted by atomic mass is 10.2. The second kappa shape index (κ2) is 7.29. The highest BCUT2D eigenvalue weighted by atomic mass is 32.2. The summed E-state index contributed by atoms with van der Waals surface area (Å²) in [5.41, 5.74) is 0. The minimum Gasteiger partial charge on any atom is -0.355 e. The molecule has 16 heavy (non-hydrogen) atoms. The molecule has 0 bridgehead atoms. The van der Waals surface area contributed by atoms with Crippen molar-refractivity contribution < 1.29 is 9.00 Å². The fourth-order valence-corrected chi connectivity index (χ4v) is 2.69. The Kier molecular flexibility index (Phi) is 6.38. The monoisotopic (exact) mass is 264 g/mol. The van der Waals surface area contributed by atoms with E-state index in [4.69, 9.17) is 0 Å². The molecule has 0 aromatic carbocycles. The Morgan fingerprint density at radius 1 is 1.69 bits per heavy atom. The van der Waals surface area contributed by atoms with Crippen LogP contribution in [0.25, 0.3) is 0 Å². The summed E-state index contributed by atoms with van der Waals surface area (Å²) in [6.45, 7) is 3.37. The molecule has 1 amide bonds. The van der Waals surface area contributed by atoms with Crippen molar-refractivity contribution >= 4 is 28.5 Å². The van der Waals surface area contributed by atoms with E-state index in [2.05, 4.69) is 10.6 Å². The lowest BCUT2D eigenvalue weighted by Crippen LogP contribution is -2.42. The third-order valence-electron chi connectivity index (χ3n) is 2.58. The minimum atomic E-state index is -0.868. The fourth-order valence-electron chi connectivity index (χ4n) is 1.42. The minimum absolute atomic E-state index is 0.0256. The zero-order valence-corrected chi connectivity index (χ0v) is 11.5. The SMILES string of the molecule is CC(CNC(=O)CC1CSCCN1)S(C)=O. The second-order valence-corrected chi connectivity index (χ2v) is 7.00. The van der Waals surface area contributed by atoms with Crippen molar-refractivity contribution in [2.24, 2.45) is 0 Å².